The van der Waals surface area contributed by atoms with Crippen molar-refractivity contribution in [3.8, 4) is 0 Å². The molecule has 1 N–H and O–H groups in total. The molecule has 0 amide bonds. The average molecular weight is 265 g/mol. The van der Waals surface area contributed by atoms with Gasteiger partial charge in [0.1, 0.15) is 11.7 Å². The molecule has 0 fully saturated rings. The first-order valence-electron chi connectivity index (χ1n) is 5.31. The van der Waals surface area contributed by atoms with Crippen molar-refractivity contribution in [3.63, 3.8) is 0 Å². The lowest BCUT2D eigenvalue weighted by Gasteiger charge is -2.13. The van der Waals surface area contributed by atoms with Crippen LogP contribution in [0.15, 0.2) is 48.5 Å². The van der Waals surface area contributed by atoms with Gasteiger partial charge in [0.15, 0.2) is 0 Å². The van der Waals surface area contributed by atoms with E-state index in [4.69, 9.17) is 11.6 Å². The van der Waals surface area contributed by atoms with Crippen LogP contribution in [-0.2, 0) is 4.79 Å². The molecular weight excluding hydrogens is 255 g/mol. The van der Waals surface area contributed by atoms with E-state index in [0.29, 0.717) is 16.1 Å². The maximum absolute atomic E-state index is 12.8. The number of aliphatic carboxylic acids is 1. The first-order valence-corrected chi connectivity index (χ1v) is 5.69. The quantitative estimate of drug-likeness (QED) is 0.918. The third kappa shape index (κ3) is 2.68. The number of halogens is 2. The molecule has 18 heavy (non-hydrogen) atoms. The van der Waals surface area contributed by atoms with Crippen LogP contribution in [0.3, 0.4) is 0 Å². The van der Waals surface area contributed by atoms with Crippen molar-refractivity contribution < 1.29 is 14.3 Å². The molecular formula is C14H10ClFO2. The summed E-state index contributed by atoms with van der Waals surface area (Å²) in [7, 11) is 0. The lowest BCUT2D eigenvalue weighted by atomic mass is 9.91. The smallest absolute Gasteiger partial charge is 0.315 e. The van der Waals surface area contributed by atoms with Gasteiger partial charge in [0.2, 0.25) is 0 Å². The van der Waals surface area contributed by atoms with Crippen molar-refractivity contribution in [3.05, 3.63) is 70.5 Å². The first kappa shape index (κ1) is 12.6. The van der Waals surface area contributed by atoms with Crippen LogP contribution in [0.5, 0.6) is 0 Å². The molecule has 2 aromatic carbocycles. The van der Waals surface area contributed by atoms with Gasteiger partial charge in [-0.25, -0.2) is 4.39 Å². The molecule has 0 aromatic heterocycles. The molecule has 1 unspecified atom stereocenters. The summed E-state index contributed by atoms with van der Waals surface area (Å²) in [6, 6.07) is 12.1. The normalized spacial score (nSPS) is 12.1. The van der Waals surface area contributed by atoms with Crippen LogP contribution in [0, 0.1) is 5.82 Å². The SMILES string of the molecule is O=C(O)C(c1ccc(F)cc1)c1cccc(Cl)c1. The van der Waals surface area contributed by atoms with E-state index in [1.807, 2.05) is 0 Å². The molecule has 0 radical (unpaired) electrons. The number of carboxylic acid groups (broad SMARTS) is 1. The summed E-state index contributed by atoms with van der Waals surface area (Å²) in [6.45, 7) is 0. The minimum atomic E-state index is -0.996. The zero-order valence-corrected chi connectivity index (χ0v) is 10.1. The highest BCUT2D eigenvalue weighted by Crippen LogP contribution is 2.27. The highest BCUT2D eigenvalue weighted by atomic mass is 35.5. The van der Waals surface area contributed by atoms with Crippen LogP contribution >= 0.6 is 11.6 Å². The van der Waals surface area contributed by atoms with Crippen molar-refractivity contribution in [2.45, 2.75) is 5.92 Å². The van der Waals surface area contributed by atoms with E-state index in [1.165, 1.54) is 24.3 Å². The standard InChI is InChI=1S/C14H10ClFO2/c15-11-3-1-2-10(8-11)13(14(17)18)9-4-6-12(16)7-5-9/h1-8,13H,(H,17,18). The van der Waals surface area contributed by atoms with E-state index in [-0.39, 0.29) is 0 Å². The van der Waals surface area contributed by atoms with Crippen LogP contribution in [-0.4, -0.2) is 11.1 Å². The van der Waals surface area contributed by atoms with Gasteiger partial charge in [-0.05, 0) is 35.4 Å². The molecule has 1 atom stereocenters. The summed E-state index contributed by atoms with van der Waals surface area (Å²) in [5.74, 6) is -2.23. The van der Waals surface area contributed by atoms with Crippen LogP contribution in [0.25, 0.3) is 0 Å². The Kier molecular flexibility index (Phi) is 3.63. The zero-order chi connectivity index (χ0) is 13.1. The third-order valence-electron chi connectivity index (χ3n) is 2.63. The van der Waals surface area contributed by atoms with Gasteiger partial charge in [0.05, 0.1) is 0 Å². The van der Waals surface area contributed by atoms with Gasteiger partial charge in [0, 0.05) is 5.02 Å². The third-order valence-corrected chi connectivity index (χ3v) is 2.87. The molecule has 0 bridgehead atoms. The summed E-state index contributed by atoms with van der Waals surface area (Å²) >= 11 is 5.85. The van der Waals surface area contributed by atoms with Crippen LogP contribution in [0.4, 0.5) is 4.39 Å². The number of hydrogen-bond acceptors (Lipinski definition) is 1. The molecule has 0 heterocycles. The molecule has 0 spiro atoms. The number of carboxylic acids is 1. The molecule has 0 aliphatic rings. The topological polar surface area (TPSA) is 37.3 Å². The number of rotatable bonds is 3. The van der Waals surface area contributed by atoms with Gasteiger partial charge in [-0.3, -0.25) is 4.79 Å². The predicted octanol–water partition coefficient (Wildman–Crippen LogP) is 3.70. The largest absolute Gasteiger partial charge is 0.481 e. The minimum Gasteiger partial charge on any atom is -0.481 e. The summed E-state index contributed by atoms with van der Waals surface area (Å²) in [4.78, 5) is 11.4. The lowest BCUT2D eigenvalue weighted by Crippen LogP contribution is -2.13. The summed E-state index contributed by atoms with van der Waals surface area (Å²) in [5, 5.41) is 9.78. The molecule has 0 saturated carbocycles. The van der Waals surface area contributed by atoms with Crippen LogP contribution < -0.4 is 0 Å². The van der Waals surface area contributed by atoms with E-state index in [1.54, 1.807) is 24.3 Å². The minimum absolute atomic E-state index is 0.394. The Balaban J connectivity index is 2.46. The summed E-state index contributed by atoms with van der Waals surface area (Å²) < 4.78 is 12.8. The van der Waals surface area contributed by atoms with Crippen molar-refractivity contribution in [1.29, 1.82) is 0 Å². The van der Waals surface area contributed by atoms with E-state index in [9.17, 15) is 14.3 Å². The molecule has 0 aliphatic heterocycles. The maximum atomic E-state index is 12.8. The van der Waals surface area contributed by atoms with Crippen molar-refractivity contribution in [2.24, 2.45) is 0 Å². The number of carbonyl (C=O) groups is 1. The Labute approximate surface area is 109 Å². The van der Waals surface area contributed by atoms with Crippen molar-refractivity contribution in [2.75, 3.05) is 0 Å². The van der Waals surface area contributed by atoms with Gasteiger partial charge in [-0.2, -0.15) is 0 Å². The van der Waals surface area contributed by atoms with Gasteiger partial charge in [0.25, 0.3) is 0 Å². The van der Waals surface area contributed by atoms with E-state index >= 15 is 0 Å². The number of hydrogen-bond donors (Lipinski definition) is 1. The van der Waals surface area contributed by atoms with Gasteiger partial charge in [-0.1, -0.05) is 35.9 Å². The first-order chi connectivity index (χ1) is 8.58. The lowest BCUT2D eigenvalue weighted by molar-refractivity contribution is -0.137. The van der Waals surface area contributed by atoms with Gasteiger partial charge >= 0.3 is 5.97 Å². The summed E-state index contributed by atoms with van der Waals surface area (Å²) in [6.07, 6.45) is 0. The fraction of sp³-hybridized carbons (Fsp3) is 0.0714. The second-order valence-electron chi connectivity index (χ2n) is 3.88. The molecule has 92 valence electrons. The molecule has 4 heteroatoms. The fourth-order valence-electron chi connectivity index (χ4n) is 1.82. The Bertz CT molecular complexity index is 566. The predicted molar refractivity (Wildman–Crippen MR) is 67.3 cm³/mol. The Morgan fingerprint density at radius 1 is 1.11 bits per heavy atom. The van der Waals surface area contributed by atoms with E-state index in [0.717, 1.165) is 0 Å². The molecule has 2 aromatic rings. The molecule has 2 rings (SSSR count). The van der Waals surface area contributed by atoms with Crippen LogP contribution in [0.2, 0.25) is 5.02 Å². The van der Waals surface area contributed by atoms with Crippen molar-refractivity contribution in [1.82, 2.24) is 0 Å². The second-order valence-corrected chi connectivity index (χ2v) is 4.31. The Morgan fingerprint density at radius 3 is 2.33 bits per heavy atom. The van der Waals surface area contributed by atoms with E-state index in [2.05, 4.69) is 0 Å². The van der Waals surface area contributed by atoms with Gasteiger partial charge < -0.3 is 5.11 Å². The van der Waals surface area contributed by atoms with E-state index < -0.39 is 17.7 Å². The average Bonchev–Trinajstić information content (AvgIpc) is 2.32. The molecule has 0 saturated heterocycles. The highest BCUT2D eigenvalue weighted by Gasteiger charge is 2.22. The second kappa shape index (κ2) is 5.19. The number of benzene rings is 2. The molecule has 0 aliphatic carbocycles. The fourth-order valence-corrected chi connectivity index (χ4v) is 2.02. The monoisotopic (exact) mass is 264 g/mol. The van der Waals surface area contributed by atoms with Crippen molar-refractivity contribution >= 4 is 17.6 Å². The highest BCUT2D eigenvalue weighted by molar-refractivity contribution is 6.30. The Morgan fingerprint density at radius 2 is 1.78 bits per heavy atom. The van der Waals surface area contributed by atoms with Gasteiger partial charge in [-0.15, -0.1) is 0 Å². The van der Waals surface area contributed by atoms with Crippen LogP contribution in [0.1, 0.15) is 17.0 Å². The maximum Gasteiger partial charge on any atom is 0.315 e. The summed E-state index contributed by atoms with van der Waals surface area (Å²) in [5.41, 5.74) is 1.09. The molecule has 2 nitrogen and oxygen atoms in total. The Hall–Kier alpha value is -1.87. The zero-order valence-electron chi connectivity index (χ0n) is 9.31.